The fourth-order valence-electron chi connectivity index (χ4n) is 2.08. The molecule has 114 valence electrons. The average Bonchev–Trinajstić information content (AvgIpc) is 2.96. The Morgan fingerprint density at radius 3 is 2.09 bits per heavy atom. The molecule has 4 nitrogen and oxygen atoms in total. The second-order valence-corrected chi connectivity index (χ2v) is 6.19. The largest absolute Gasteiger partial charge is 0.369 e. The van der Waals surface area contributed by atoms with Crippen LogP contribution < -0.4 is 5.73 Å². The van der Waals surface area contributed by atoms with Gasteiger partial charge in [-0.3, -0.25) is 14.4 Å². The van der Waals surface area contributed by atoms with Gasteiger partial charge in [-0.05, 0) is 36.6 Å². The molecule has 0 radical (unpaired) electrons. The number of rotatable bonds is 7. The number of benzene rings is 1. The van der Waals surface area contributed by atoms with E-state index in [9.17, 15) is 14.4 Å². The summed E-state index contributed by atoms with van der Waals surface area (Å²) in [5, 5.41) is 0. The van der Waals surface area contributed by atoms with E-state index in [0.717, 1.165) is 11.1 Å². The monoisotopic (exact) mass is 315 g/mol. The van der Waals surface area contributed by atoms with Crippen molar-refractivity contribution in [3.05, 3.63) is 57.3 Å². The summed E-state index contributed by atoms with van der Waals surface area (Å²) >= 11 is 1.24. The lowest BCUT2D eigenvalue weighted by Gasteiger charge is -2.02. The van der Waals surface area contributed by atoms with Crippen molar-refractivity contribution in [3.8, 4) is 0 Å². The first-order chi connectivity index (χ1) is 10.5. The smallest absolute Gasteiger partial charge is 0.221 e. The molecule has 22 heavy (non-hydrogen) atoms. The standard InChI is InChI=1S/C17H17NO3S/c1-11(19)15-8-9-16(22-15)14(20)7-6-12-2-4-13(5-3-12)10-17(18)21/h2-5,8-9H,6-7,10H2,1H3,(H2,18,21). The Balaban J connectivity index is 1.92. The van der Waals surface area contributed by atoms with E-state index in [1.165, 1.54) is 18.3 Å². The quantitative estimate of drug-likeness (QED) is 0.798. The second kappa shape index (κ2) is 7.13. The van der Waals surface area contributed by atoms with E-state index in [2.05, 4.69) is 0 Å². The molecule has 0 aliphatic carbocycles. The Kier molecular flexibility index (Phi) is 5.22. The Morgan fingerprint density at radius 2 is 1.55 bits per heavy atom. The Morgan fingerprint density at radius 1 is 0.955 bits per heavy atom. The number of Topliss-reactive ketones (excluding diaryl/α,β-unsaturated/α-hetero) is 2. The molecule has 0 aliphatic rings. The van der Waals surface area contributed by atoms with Gasteiger partial charge >= 0.3 is 0 Å². The van der Waals surface area contributed by atoms with Crippen LogP contribution in [0.15, 0.2) is 36.4 Å². The Bertz CT molecular complexity index is 701. The molecule has 0 unspecified atom stereocenters. The SMILES string of the molecule is CC(=O)c1ccc(C(=O)CCc2ccc(CC(N)=O)cc2)s1. The van der Waals surface area contributed by atoms with Gasteiger partial charge in [0, 0.05) is 6.42 Å². The van der Waals surface area contributed by atoms with Crippen molar-refractivity contribution in [1.29, 1.82) is 0 Å². The molecule has 0 fully saturated rings. The van der Waals surface area contributed by atoms with E-state index in [4.69, 9.17) is 5.73 Å². The predicted molar refractivity (Wildman–Crippen MR) is 86.3 cm³/mol. The molecule has 0 saturated carbocycles. The molecule has 2 rings (SSSR count). The van der Waals surface area contributed by atoms with Gasteiger partial charge in [0.05, 0.1) is 16.2 Å². The molecule has 0 spiro atoms. The van der Waals surface area contributed by atoms with Gasteiger partial charge in [0.2, 0.25) is 5.91 Å². The number of ketones is 2. The van der Waals surface area contributed by atoms with Crippen LogP contribution in [0, 0.1) is 0 Å². The number of amides is 1. The van der Waals surface area contributed by atoms with Crippen molar-refractivity contribution in [2.24, 2.45) is 5.73 Å². The highest BCUT2D eigenvalue weighted by atomic mass is 32.1. The van der Waals surface area contributed by atoms with E-state index >= 15 is 0 Å². The van der Waals surface area contributed by atoms with Gasteiger partial charge in [0.25, 0.3) is 0 Å². The zero-order valence-corrected chi connectivity index (χ0v) is 13.1. The molecule has 1 amide bonds. The third kappa shape index (κ3) is 4.36. The fourth-order valence-corrected chi connectivity index (χ4v) is 2.95. The van der Waals surface area contributed by atoms with Crippen molar-refractivity contribution in [1.82, 2.24) is 0 Å². The maximum atomic E-state index is 12.1. The minimum atomic E-state index is -0.359. The first-order valence-corrected chi connectivity index (χ1v) is 7.77. The summed E-state index contributed by atoms with van der Waals surface area (Å²) < 4.78 is 0. The summed E-state index contributed by atoms with van der Waals surface area (Å²) in [6.45, 7) is 1.49. The number of hydrogen-bond acceptors (Lipinski definition) is 4. The highest BCUT2D eigenvalue weighted by Crippen LogP contribution is 2.19. The zero-order chi connectivity index (χ0) is 16.1. The number of aryl methyl sites for hydroxylation is 1. The zero-order valence-electron chi connectivity index (χ0n) is 12.3. The van der Waals surface area contributed by atoms with Gasteiger partial charge in [-0.25, -0.2) is 0 Å². The molecule has 2 aromatic rings. The van der Waals surface area contributed by atoms with Crippen molar-refractivity contribution < 1.29 is 14.4 Å². The minimum Gasteiger partial charge on any atom is -0.369 e. The van der Waals surface area contributed by atoms with Crippen LogP contribution in [0.1, 0.15) is 43.8 Å². The number of carbonyl (C=O) groups excluding carboxylic acids is 3. The lowest BCUT2D eigenvalue weighted by Crippen LogP contribution is -2.13. The van der Waals surface area contributed by atoms with Crippen LogP contribution >= 0.6 is 11.3 Å². The third-order valence-electron chi connectivity index (χ3n) is 3.27. The molecule has 0 aliphatic heterocycles. The van der Waals surface area contributed by atoms with Crippen molar-refractivity contribution >= 4 is 28.8 Å². The van der Waals surface area contributed by atoms with Crippen LogP contribution in [-0.2, 0) is 17.6 Å². The number of carbonyl (C=O) groups is 3. The number of nitrogens with two attached hydrogens (primary N) is 1. The molecule has 2 N–H and O–H groups in total. The van der Waals surface area contributed by atoms with Gasteiger partial charge < -0.3 is 5.73 Å². The van der Waals surface area contributed by atoms with E-state index in [1.807, 2.05) is 24.3 Å². The maximum Gasteiger partial charge on any atom is 0.221 e. The normalized spacial score (nSPS) is 10.4. The van der Waals surface area contributed by atoms with E-state index in [1.54, 1.807) is 12.1 Å². The number of hydrogen-bond donors (Lipinski definition) is 1. The third-order valence-corrected chi connectivity index (χ3v) is 4.50. The molecule has 1 heterocycles. The molecule has 0 saturated heterocycles. The van der Waals surface area contributed by atoms with Gasteiger partial charge in [0.1, 0.15) is 0 Å². The second-order valence-electron chi connectivity index (χ2n) is 5.10. The van der Waals surface area contributed by atoms with E-state index < -0.39 is 0 Å². The van der Waals surface area contributed by atoms with E-state index in [0.29, 0.717) is 22.6 Å². The fraction of sp³-hybridized carbons (Fsp3) is 0.235. The summed E-state index contributed by atoms with van der Waals surface area (Å²) in [5.74, 6) is -0.338. The molecule has 0 atom stereocenters. The van der Waals surface area contributed by atoms with Crippen LogP contribution in [0.4, 0.5) is 0 Å². The maximum absolute atomic E-state index is 12.1. The molecule has 0 bridgehead atoms. The lowest BCUT2D eigenvalue weighted by molar-refractivity contribution is -0.117. The minimum absolute atomic E-state index is 0.0194. The summed E-state index contributed by atoms with van der Waals surface area (Å²) in [5.41, 5.74) is 7.04. The summed E-state index contributed by atoms with van der Waals surface area (Å²) in [6, 6.07) is 10.9. The van der Waals surface area contributed by atoms with Gasteiger partial charge in [-0.15, -0.1) is 11.3 Å². The summed E-state index contributed by atoms with van der Waals surface area (Å²) in [4.78, 5) is 35.4. The van der Waals surface area contributed by atoms with Crippen LogP contribution in [-0.4, -0.2) is 17.5 Å². The highest BCUT2D eigenvalue weighted by Gasteiger charge is 2.11. The van der Waals surface area contributed by atoms with Crippen molar-refractivity contribution in [2.75, 3.05) is 0 Å². The van der Waals surface area contributed by atoms with Crippen LogP contribution in [0.2, 0.25) is 0 Å². The van der Waals surface area contributed by atoms with Crippen LogP contribution in [0.3, 0.4) is 0 Å². The van der Waals surface area contributed by atoms with E-state index in [-0.39, 0.29) is 23.9 Å². The predicted octanol–water partition coefficient (Wildman–Crippen LogP) is 2.79. The molecule has 1 aromatic carbocycles. The highest BCUT2D eigenvalue weighted by molar-refractivity contribution is 7.16. The van der Waals surface area contributed by atoms with Gasteiger partial charge in [0.15, 0.2) is 11.6 Å². The number of primary amides is 1. The first kappa shape index (κ1) is 16.1. The Labute approximate surface area is 133 Å². The van der Waals surface area contributed by atoms with Gasteiger partial charge in [-0.2, -0.15) is 0 Å². The lowest BCUT2D eigenvalue weighted by atomic mass is 10.0. The van der Waals surface area contributed by atoms with Gasteiger partial charge in [-0.1, -0.05) is 24.3 Å². The topological polar surface area (TPSA) is 77.2 Å². The van der Waals surface area contributed by atoms with Crippen LogP contribution in [0.25, 0.3) is 0 Å². The molecular weight excluding hydrogens is 298 g/mol. The van der Waals surface area contributed by atoms with Crippen molar-refractivity contribution in [3.63, 3.8) is 0 Å². The summed E-state index contributed by atoms with van der Waals surface area (Å²) in [7, 11) is 0. The molecular formula is C17H17NO3S. The summed E-state index contributed by atoms with van der Waals surface area (Å²) in [6.07, 6.45) is 1.25. The molecule has 1 aromatic heterocycles. The van der Waals surface area contributed by atoms with Crippen LogP contribution in [0.5, 0.6) is 0 Å². The van der Waals surface area contributed by atoms with Crippen molar-refractivity contribution in [2.45, 2.75) is 26.2 Å². The first-order valence-electron chi connectivity index (χ1n) is 6.96. The Hall–Kier alpha value is -2.27. The number of thiophene rings is 1. The average molecular weight is 315 g/mol. The molecule has 5 heteroatoms.